The largest absolute Gasteiger partial charge is 0.325 e. The van der Waals surface area contributed by atoms with Gasteiger partial charge in [-0.1, -0.05) is 17.7 Å². The fourth-order valence-corrected chi connectivity index (χ4v) is 6.99. The zero-order valence-electron chi connectivity index (χ0n) is 14.1. The van der Waals surface area contributed by atoms with Crippen molar-refractivity contribution in [2.24, 2.45) is 0 Å². The second-order valence-corrected chi connectivity index (χ2v) is 10.5. The lowest BCUT2D eigenvalue weighted by atomic mass is 10.1. The smallest absolute Gasteiger partial charge is 0.253 e. The van der Waals surface area contributed by atoms with Crippen LogP contribution in [0.1, 0.15) is 30.4 Å². The Morgan fingerprint density at radius 2 is 1.96 bits per heavy atom. The number of nitrogens with zero attached hydrogens (tertiary/aromatic N) is 1. The molecule has 2 aromatic rings. The van der Waals surface area contributed by atoms with E-state index in [-0.39, 0.29) is 10.1 Å². The lowest BCUT2D eigenvalue weighted by molar-refractivity contribution is -0.119. The highest BCUT2D eigenvalue weighted by Crippen LogP contribution is 2.33. The lowest BCUT2D eigenvalue weighted by Gasteiger charge is -2.22. The third-order valence-electron chi connectivity index (χ3n) is 4.98. The molecule has 0 radical (unpaired) electrons. The number of hydrogen-bond acceptors (Lipinski definition) is 4. The Morgan fingerprint density at radius 3 is 2.73 bits per heavy atom. The molecule has 26 heavy (non-hydrogen) atoms. The zero-order chi connectivity index (χ0) is 18.3. The van der Waals surface area contributed by atoms with Gasteiger partial charge in [-0.25, -0.2) is 8.42 Å². The molecular weight excluding hydrogens is 392 g/mol. The minimum Gasteiger partial charge on any atom is -0.325 e. The average molecular weight is 411 g/mol. The second kappa shape index (κ2) is 6.96. The molecule has 1 N–H and O–H groups in total. The van der Waals surface area contributed by atoms with E-state index in [1.54, 1.807) is 6.07 Å². The number of halogens is 1. The molecule has 0 bridgehead atoms. The Bertz CT molecular complexity index is 955. The first-order chi connectivity index (χ1) is 12.4. The Kier molecular flexibility index (Phi) is 4.81. The van der Waals surface area contributed by atoms with Crippen LogP contribution < -0.4 is 5.32 Å². The molecule has 0 saturated carbocycles. The molecule has 1 saturated heterocycles. The maximum atomic E-state index is 12.9. The van der Waals surface area contributed by atoms with Gasteiger partial charge in [-0.2, -0.15) is 4.31 Å². The predicted molar refractivity (Wildman–Crippen MR) is 103 cm³/mol. The van der Waals surface area contributed by atoms with Crippen LogP contribution in [0.5, 0.6) is 0 Å². The van der Waals surface area contributed by atoms with Crippen molar-refractivity contribution in [3.8, 4) is 0 Å². The summed E-state index contributed by atoms with van der Waals surface area (Å²) in [6, 6.07) is 8.33. The van der Waals surface area contributed by atoms with E-state index < -0.39 is 16.1 Å². The molecule has 1 aromatic carbocycles. The van der Waals surface area contributed by atoms with E-state index in [0.717, 1.165) is 36.3 Å². The quantitative estimate of drug-likeness (QED) is 0.835. The summed E-state index contributed by atoms with van der Waals surface area (Å²) in [5, 5.41) is 2.90. The molecule has 8 heteroatoms. The second-order valence-electron chi connectivity index (χ2n) is 6.66. The van der Waals surface area contributed by atoms with E-state index >= 15 is 0 Å². The van der Waals surface area contributed by atoms with Crippen molar-refractivity contribution in [1.82, 2.24) is 4.31 Å². The molecule has 1 aliphatic carbocycles. The standard InChI is InChI=1S/C18H19ClN2O3S2/c19-16-8-9-17(25-16)26(23,24)21-10-2-5-15(21)18(22)20-14-7-6-12-3-1-4-13(12)11-14/h6-9,11,15H,1-5,10H2,(H,20,22)/t15-/m1/s1. The van der Waals surface area contributed by atoms with E-state index in [2.05, 4.69) is 11.4 Å². The van der Waals surface area contributed by atoms with E-state index in [4.69, 9.17) is 11.6 Å². The number of sulfonamides is 1. The van der Waals surface area contributed by atoms with Crippen LogP contribution in [0.2, 0.25) is 4.34 Å². The Balaban J connectivity index is 1.53. The van der Waals surface area contributed by atoms with Crippen molar-refractivity contribution in [3.63, 3.8) is 0 Å². The normalized spacial score (nSPS) is 20.3. The monoisotopic (exact) mass is 410 g/mol. The minimum atomic E-state index is -3.71. The van der Waals surface area contributed by atoms with E-state index in [1.165, 1.54) is 21.5 Å². The number of thiophene rings is 1. The van der Waals surface area contributed by atoms with E-state index in [9.17, 15) is 13.2 Å². The number of fused-ring (bicyclic) bond motifs is 1. The van der Waals surface area contributed by atoms with Crippen molar-refractivity contribution < 1.29 is 13.2 Å². The Labute approximate surface area is 162 Å². The molecule has 0 spiro atoms. The number of carbonyl (C=O) groups excluding carboxylic acids is 1. The first-order valence-electron chi connectivity index (χ1n) is 8.65. The number of anilines is 1. The van der Waals surface area contributed by atoms with Crippen molar-refractivity contribution in [3.05, 3.63) is 45.8 Å². The van der Waals surface area contributed by atoms with Crippen LogP contribution in [-0.2, 0) is 27.7 Å². The van der Waals surface area contributed by atoms with Gasteiger partial charge < -0.3 is 5.32 Å². The number of aryl methyl sites for hydroxylation is 2. The molecule has 1 aromatic heterocycles. The van der Waals surface area contributed by atoms with E-state index in [0.29, 0.717) is 23.7 Å². The average Bonchev–Trinajstić information content (AvgIpc) is 3.34. The molecule has 2 heterocycles. The van der Waals surface area contributed by atoms with Gasteiger partial charge in [-0.05, 0) is 67.5 Å². The van der Waals surface area contributed by atoms with Crippen molar-refractivity contribution >= 4 is 44.6 Å². The number of rotatable bonds is 4. The first kappa shape index (κ1) is 18.0. The zero-order valence-corrected chi connectivity index (χ0v) is 16.5. The molecule has 2 aliphatic rings. The fourth-order valence-electron chi connectivity index (χ4n) is 3.72. The molecule has 1 fully saturated rings. The maximum Gasteiger partial charge on any atom is 0.253 e. The fraction of sp³-hybridized carbons (Fsp3) is 0.389. The molecule has 1 aliphatic heterocycles. The molecule has 1 amide bonds. The number of hydrogen-bond donors (Lipinski definition) is 1. The summed E-state index contributed by atoms with van der Waals surface area (Å²) in [6.07, 6.45) is 4.45. The van der Waals surface area contributed by atoms with Crippen LogP contribution in [0.3, 0.4) is 0 Å². The summed E-state index contributed by atoms with van der Waals surface area (Å²) in [5.74, 6) is -0.272. The van der Waals surface area contributed by atoms with Crippen LogP contribution >= 0.6 is 22.9 Å². The molecule has 5 nitrogen and oxygen atoms in total. The number of benzene rings is 1. The predicted octanol–water partition coefficient (Wildman–Crippen LogP) is 3.68. The number of nitrogens with one attached hydrogen (secondary N) is 1. The molecule has 0 unspecified atom stereocenters. The van der Waals surface area contributed by atoms with E-state index in [1.807, 2.05) is 12.1 Å². The van der Waals surface area contributed by atoms with Gasteiger partial charge in [0, 0.05) is 12.2 Å². The minimum absolute atomic E-state index is 0.180. The van der Waals surface area contributed by atoms with Crippen molar-refractivity contribution in [2.45, 2.75) is 42.4 Å². The molecular formula is C18H19ClN2O3S2. The van der Waals surface area contributed by atoms with Crippen LogP contribution in [0, 0.1) is 0 Å². The third-order valence-corrected chi connectivity index (χ3v) is 8.59. The van der Waals surface area contributed by atoms with Crippen LogP contribution in [0.15, 0.2) is 34.5 Å². The summed E-state index contributed by atoms with van der Waals surface area (Å²) in [6.45, 7) is 0.347. The maximum absolute atomic E-state index is 12.9. The Morgan fingerprint density at radius 1 is 1.15 bits per heavy atom. The number of amides is 1. The highest BCUT2D eigenvalue weighted by atomic mass is 35.5. The number of carbonyl (C=O) groups is 1. The molecule has 1 atom stereocenters. The van der Waals surface area contributed by atoms with Gasteiger partial charge in [-0.15, -0.1) is 11.3 Å². The highest BCUT2D eigenvalue weighted by molar-refractivity contribution is 7.91. The first-order valence-corrected chi connectivity index (χ1v) is 11.3. The Hall–Kier alpha value is -1.41. The van der Waals surface area contributed by atoms with Gasteiger partial charge >= 0.3 is 0 Å². The summed E-state index contributed by atoms with van der Waals surface area (Å²) >= 11 is 6.90. The van der Waals surface area contributed by atoms with Gasteiger partial charge in [0.15, 0.2) is 0 Å². The van der Waals surface area contributed by atoms with Crippen LogP contribution in [0.25, 0.3) is 0 Å². The van der Waals surface area contributed by atoms with Gasteiger partial charge in [0.1, 0.15) is 10.3 Å². The summed E-state index contributed by atoms with van der Waals surface area (Å²) in [7, 11) is -3.71. The van der Waals surface area contributed by atoms with Crippen molar-refractivity contribution in [2.75, 3.05) is 11.9 Å². The SMILES string of the molecule is O=C(Nc1ccc2c(c1)CCC2)[C@H]1CCCN1S(=O)(=O)c1ccc(Cl)s1. The third kappa shape index (κ3) is 3.29. The van der Waals surface area contributed by atoms with Gasteiger partial charge in [0.25, 0.3) is 10.0 Å². The van der Waals surface area contributed by atoms with Crippen LogP contribution in [0.4, 0.5) is 5.69 Å². The van der Waals surface area contributed by atoms with Crippen molar-refractivity contribution in [1.29, 1.82) is 0 Å². The topological polar surface area (TPSA) is 66.5 Å². The van der Waals surface area contributed by atoms with Gasteiger partial charge in [0.2, 0.25) is 5.91 Å². The van der Waals surface area contributed by atoms with Gasteiger partial charge in [-0.3, -0.25) is 4.79 Å². The summed E-state index contributed by atoms with van der Waals surface area (Å²) < 4.78 is 27.6. The van der Waals surface area contributed by atoms with Gasteiger partial charge in [0.05, 0.1) is 4.34 Å². The summed E-state index contributed by atoms with van der Waals surface area (Å²) in [4.78, 5) is 12.8. The summed E-state index contributed by atoms with van der Waals surface area (Å²) in [5.41, 5.74) is 3.34. The van der Waals surface area contributed by atoms with Crippen LogP contribution in [-0.4, -0.2) is 31.2 Å². The molecule has 138 valence electrons. The molecule has 4 rings (SSSR count). The highest BCUT2D eigenvalue weighted by Gasteiger charge is 2.40. The lowest BCUT2D eigenvalue weighted by Crippen LogP contribution is -2.42.